The molecule has 0 saturated carbocycles. The molecule has 0 spiro atoms. The summed E-state index contributed by atoms with van der Waals surface area (Å²) in [7, 11) is 0. The van der Waals surface area contributed by atoms with Crippen LogP contribution in [0.15, 0.2) is 53.1 Å². The molecule has 0 aromatic heterocycles. The Morgan fingerprint density at radius 1 is 1.27 bits per heavy atom. The Morgan fingerprint density at radius 3 is 2.69 bits per heavy atom. The minimum atomic E-state index is -0.243. The van der Waals surface area contributed by atoms with E-state index in [0.717, 1.165) is 0 Å². The Hall–Kier alpha value is -2.74. The summed E-state index contributed by atoms with van der Waals surface area (Å²) in [5.41, 5.74) is 2.26. The highest BCUT2D eigenvalue weighted by atomic mass is 35.5. The maximum atomic E-state index is 12.8. The first-order chi connectivity index (χ1) is 12.5. The zero-order valence-corrected chi connectivity index (χ0v) is 15.4. The molecule has 3 rings (SSSR count). The number of anilines is 1. The van der Waals surface area contributed by atoms with Gasteiger partial charge in [-0.25, -0.2) is 0 Å². The Morgan fingerprint density at radius 2 is 2.00 bits per heavy atom. The number of para-hydroxylation sites is 1. The molecule has 0 saturated heterocycles. The van der Waals surface area contributed by atoms with Gasteiger partial charge in [-0.2, -0.15) is 10.1 Å². The second kappa shape index (κ2) is 7.65. The van der Waals surface area contributed by atoms with Crippen LogP contribution in [-0.2, 0) is 4.79 Å². The molecule has 6 heteroatoms. The third kappa shape index (κ3) is 3.60. The monoisotopic (exact) mass is 384 g/mol. The number of hydrazone groups is 1. The summed E-state index contributed by atoms with van der Waals surface area (Å²) in [6, 6.07) is 12.4. The summed E-state index contributed by atoms with van der Waals surface area (Å²) in [5, 5.41) is 6.45. The molecule has 0 bridgehead atoms. The summed E-state index contributed by atoms with van der Waals surface area (Å²) < 4.78 is 5.53. The van der Waals surface area contributed by atoms with E-state index in [9.17, 15) is 4.79 Å². The van der Waals surface area contributed by atoms with Crippen LogP contribution in [0.4, 0.5) is 5.69 Å². The predicted molar refractivity (Wildman–Crippen MR) is 106 cm³/mol. The Labute approximate surface area is 161 Å². The van der Waals surface area contributed by atoms with Gasteiger partial charge in [-0.05, 0) is 37.3 Å². The van der Waals surface area contributed by atoms with Gasteiger partial charge in [0, 0.05) is 10.6 Å². The number of benzene rings is 2. The van der Waals surface area contributed by atoms with Crippen molar-refractivity contribution in [3.8, 4) is 18.1 Å². The number of hydrogen-bond donors (Lipinski definition) is 0. The summed E-state index contributed by atoms with van der Waals surface area (Å²) in [4.78, 5) is 12.8. The van der Waals surface area contributed by atoms with E-state index in [1.54, 1.807) is 25.1 Å². The number of carbonyl (C=O) groups is 1. The van der Waals surface area contributed by atoms with Crippen LogP contribution >= 0.6 is 23.2 Å². The van der Waals surface area contributed by atoms with Gasteiger partial charge in [0.15, 0.2) is 0 Å². The van der Waals surface area contributed by atoms with Gasteiger partial charge >= 0.3 is 0 Å². The quantitative estimate of drug-likeness (QED) is 0.560. The molecule has 26 heavy (non-hydrogen) atoms. The van der Waals surface area contributed by atoms with Crippen molar-refractivity contribution in [3.05, 3.63) is 63.6 Å². The third-order valence-corrected chi connectivity index (χ3v) is 4.20. The van der Waals surface area contributed by atoms with E-state index in [4.69, 9.17) is 34.4 Å². The van der Waals surface area contributed by atoms with Crippen molar-refractivity contribution < 1.29 is 9.53 Å². The maximum Gasteiger partial charge on any atom is 0.280 e. The number of amides is 1. The van der Waals surface area contributed by atoms with Gasteiger partial charge in [-0.3, -0.25) is 4.79 Å². The lowest BCUT2D eigenvalue weighted by molar-refractivity contribution is -0.114. The molecule has 0 atom stereocenters. The number of halogens is 2. The fourth-order valence-electron chi connectivity index (χ4n) is 2.54. The van der Waals surface area contributed by atoms with Crippen LogP contribution in [-0.4, -0.2) is 18.2 Å². The van der Waals surface area contributed by atoms with Gasteiger partial charge in [0.2, 0.25) is 0 Å². The molecule has 1 aliphatic rings. The molecule has 0 unspecified atom stereocenters. The minimum absolute atomic E-state index is 0.0503. The minimum Gasteiger partial charge on any atom is -0.479 e. The van der Waals surface area contributed by atoms with Crippen LogP contribution < -0.4 is 9.75 Å². The molecule has 0 fully saturated rings. The number of rotatable bonds is 4. The fraction of sp³-hybridized carbons (Fsp3) is 0.100. The molecular weight excluding hydrogens is 371 g/mol. The normalized spacial score (nSPS) is 15.2. The van der Waals surface area contributed by atoms with Crippen LogP contribution in [0.1, 0.15) is 12.5 Å². The average Bonchev–Trinajstić information content (AvgIpc) is 2.90. The van der Waals surface area contributed by atoms with E-state index in [2.05, 4.69) is 11.0 Å². The van der Waals surface area contributed by atoms with Crippen molar-refractivity contribution in [2.45, 2.75) is 6.92 Å². The van der Waals surface area contributed by atoms with Crippen LogP contribution in [0.5, 0.6) is 5.75 Å². The largest absolute Gasteiger partial charge is 0.479 e. The van der Waals surface area contributed by atoms with E-state index < -0.39 is 0 Å². The van der Waals surface area contributed by atoms with Gasteiger partial charge in [0.05, 0.1) is 22.0 Å². The Bertz CT molecular complexity index is 960. The van der Waals surface area contributed by atoms with Crippen molar-refractivity contribution >= 4 is 46.6 Å². The summed E-state index contributed by atoms with van der Waals surface area (Å²) in [5.74, 6) is 2.52. The molecule has 0 N–H and O–H groups in total. The van der Waals surface area contributed by atoms with Crippen LogP contribution in [0.2, 0.25) is 10.0 Å². The van der Waals surface area contributed by atoms with Gasteiger partial charge in [-0.1, -0.05) is 47.3 Å². The van der Waals surface area contributed by atoms with Crippen molar-refractivity contribution in [1.82, 2.24) is 0 Å². The molecule has 1 amide bonds. The van der Waals surface area contributed by atoms with Gasteiger partial charge in [0.25, 0.3) is 5.91 Å². The number of hydrogen-bond acceptors (Lipinski definition) is 3. The van der Waals surface area contributed by atoms with Gasteiger partial charge in [-0.15, -0.1) is 6.42 Å². The second-order valence-electron chi connectivity index (χ2n) is 5.49. The summed E-state index contributed by atoms with van der Waals surface area (Å²) in [6.07, 6.45) is 6.92. The Balaban J connectivity index is 2.02. The average molecular weight is 385 g/mol. The van der Waals surface area contributed by atoms with E-state index in [-0.39, 0.29) is 12.5 Å². The number of terminal acetylenes is 1. The predicted octanol–water partition coefficient (Wildman–Crippen LogP) is 4.81. The van der Waals surface area contributed by atoms with E-state index in [0.29, 0.717) is 38.3 Å². The lowest BCUT2D eigenvalue weighted by atomic mass is 10.1. The molecule has 4 nitrogen and oxygen atoms in total. The second-order valence-corrected chi connectivity index (χ2v) is 6.34. The molecule has 1 aliphatic heterocycles. The zero-order valence-electron chi connectivity index (χ0n) is 13.9. The lowest BCUT2D eigenvalue weighted by Gasteiger charge is -2.12. The van der Waals surface area contributed by atoms with Crippen LogP contribution in [0.25, 0.3) is 6.08 Å². The number of nitrogens with zero attached hydrogens (tertiary/aromatic N) is 2. The van der Waals surface area contributed by atoms with Crippen molar-refractivity contribution in [2.24, 2.45) is 5.10 Å². The number of ether oxygens (including phenoxy) is 1. The molecule has 130 valence electrons. The molecule has 2 aromatic carbocycles. The standard InChI is InChI=1S/C20H14Cl2N2O2/c1-3-9-26-19-14(10-15(21)12-18(19)22)11-17-13(2)23-24(20(17)25)16-7-5-4-6-8-16/h1,4-8,10-12H,9H2,2H3/b17-11+. The SMILES string of the molecule is C#CCOc1c(Cl)cc(Cl)cc1/C=C1/C(=O)N(c2ccccc2)N=C1C. The first-order valence-corrected chi connectivity index (χ1v) is 8.49. The van der Waals surface area contributed by atoms with Crippen molar-refractivity contribution in [2.75, 3.05) is 11.6 Å². The first kappa shape index (κ1) is 18.1. The fourth-order valence-corrected chi connectivity index (χ4v) is 3.10. The van der Waals surface area contributed by atoms with Gasteiger partial charge in [0.1, 0.15) is 12.4 Å². The molecule has 1 heterocycles. The van der Waals surface area contributed by atoms with E-state index >= 15 is 0 Å². The maximum absolute atomic E-state index is 12.8. The highest BCUT2D eigenvalue weighted by Gasteiger charge is 2.29. The van der Waals surface area contributed by atoms with E-state index in [1.165, 1.54) is 5.01 Å². The molecular formula is C20H14Cl2N2O2. The highest BCUT2D eigenvalue weighted by molar-refractivity contribution is 6.36. The highest BCUT2D eigenvalue weighted by Crippen LogP contribution is 2.35. The molecule has 0 radical (unpaired) electrons. The van der Waals surface area contributed by atoms with Crippen LogP contribution in [0.3, 0.4) is 0 Å². The van der Waals surface area contributed by atoms with Crippen LogP contribution in [0, 0.1) is 12.3 Å². The van der Waals surface area contributed by atoms with Gasteiger partial charge < -0.3 is 4.74 Å². The smallest absolute Gasteiger partial charge is 0.280 e. The van der Waals surface area contributed by atoms with Crippen molar-refractivity contribution in [1.29, 1.82) is 0 Å². The third-order valence-electron chi connectivity index (χ3n) is 3.70. The summed E-state index contributed by atoms with van der Waals surface area (Å²) >= 11 is 12.3. The van der Waals surface area contributed by atoms with Crippen molar-refractivity contribution in [3.63, 3.8) is 0 Å². The number of carbonyl (C=O) groups excluding carboxylic acids is 1. The lowest BCUT2D eigenvalue weighted by Crippen LogP contribution is -2.21. The zero-order chi connectivity index (χ0) is 18.7. The molecule has 2 aromatic rings. The Kier molecular flexibility index (Phi) is 5.32. The molecule has 0 aliphatic carbocycles. The van der Waals surface area contributed by atoms with E-state index in [1.807, 2.05) is 30.3 Å². The first-order valence-electron chi connectivity index (χ1n) is 7.73. The topological polar surface area (TPSA) is 41.9 Å². The summed E-state index contributed by atoms with van der Waals surface area (Å²) in [6.45, 7) is 1.81.